The lowest BCUT2D eigenvalue weighted by molar-refractivity contribution is 0.170. The van der Waals surface area contributed by atoms with Gasteiger partial charge in [0.05, 0.1) is 6.10 Å². The molecule has 2 amide bonds. The number of rotatable bonds is 5. The number of hydrogen-bond acceptors (Lipinski definition) is 3. The Balaban J connectivity index is 1.86. The number of hydrogen-bond donors (Lipinski definition) is 3. The number of aliphatic hydroxyl groups is 1. The normalized spacial score (nSPS) is 11.7. The van der Waals surface area contributed by atoms with Crippen molar-refractivity contribution in [2.75, 3.05) is 30.9 Å². The second kappa shape index (κ2) is 7.60. The van der Waals surface area contributed by atoms with Crippen LogP contribution in [-0.2, 0) is 0 Å². The Kier molecular flexibility index (Phi) is 5.54. The smallest absolute Gasteiger partial charge is 0.319 e. The molecule has 0 fully saturated rings. The van der Waals surface area contributed by atoms with Crippen molar-refractivity contribution in [3.63, 3.8) is 0 Å². The van der Waals surface area contributed by atoms with Crippen molar-refractivity contribution >= 4 is 17.4 Å². The van der Waals surface area contributed by atoms with Gasteiger partial charge in [-0.05, 0) is 30.3 Å². The third-order valence-electron chi connectivity index (χ3n) is 3.36. The summed E-state index contributed by atoms with van der Waals surface area (Å²) in [7, 11) is 3.86. The number of amides is 2. The summed E-state index contributed by atoms with van der Waals surface area (Å²) < 4.78 is 13.5. The lowest BCUT2D eigenvalue weighted by Gasteiger charge is -2.15. The number of carbonyl (C=O) groups is 1. The van der Waals surface area contributed by atoms with Gasteiger partial charge in [0.2, 0.25) is 0 Å². The van der Waals surface area contributed by atoms with E-state index in [2.05, 4.69) is 10.6 Å². The SMILES string of the molecule is CN(C)c1ccc(NC(=O)NCC(O)c2ccccc2F)cc1. The summed E-state index contributed by atoms with van der Waals surface area (Å²) in [5.74, 6) is -0.499. The zero-order valence-corrected chi connectivity index (χ0v) is 13.1. The summed E-state index contributed by atoms with van der Waals surface area (Å²) in [6, 6.07) is 12.8. The van der Waals surface area contributed by atoms with Crippen LogP contribution in [0.4, 0.5) is 20.6 Å². The molecule has 0 saturated heterocycles. The maximum Gasteiger partial charge on any atom is 0.319 e. The Morgan fingerprint density at radius 1 is 1.17 bits per heavy atom. The maximum atomic E-state index is 13.5. The standard InChI is InChI=1S/C17H20FN3O2/c1-21(2)13-9-7-12(8-10-13)20-17(23)19-11-16(22)14-5-3-4-6-15(14)18/h3-10,16,22H,11H2,1-2H3,(H2,19,20,23). The molecule has 2 aromatic carbocycles. The second-order valence-electron chi connectivity index (χ2n) is 5.31. The van der Waals surface area contributed by atoms with Crippen molar-refractivity contribution in [3.8, 4) is 0 Å². The monoisotopic (exact) mass is 317 g/mol. The van der Waals surface area contributed by atoms with Crippen molar-refractivity contribution in [2.45, 2.75) is 6.10 Å². The molecular weight excluding hydrogens is 297 g/mol. The largest absolute Gasteiger partial charge is 0.386 e. The average molecular weight is 317 g/mol. The molecule has 1 unspecified atom stereocenters. The lowest BCUT2D eigenvalue weighted by Crippen LogP contribution is -2.32. The molecule has 6 heteroatoms. The maximum absolute atomic E-state index is 13.5. The van der Waals surface area contributed by atoms with Gasteiger partial charge in [-0.2, -0.15) is 0 Å². The van der Waals surface area contributed by atoms with Gasteiger partial charge in [-0.3, -0.25) is 0 Å². The highest BCUT2D eigenvalue weighted by molar-refractivity contribution is 5.89. The molecule has 0 spiro atoms. The predicted molar refractivity (Wildman–Crippen MR) is 89.2 cm³/mol. The lowest BCUT2D eigenvalue weighted by atomic mass is 10.1. The molecule has 23 heavy (non-hydrogen) atoms. The van der Waals surface area contributed by atoms with Crippen LogP contribution in [0.2, 0.25) is 0 Å². The van der Waals surface area contributed by atoms with Crippen LogP contribution in [0.1, 0.15) is 11.7 Å². The van der Waals surface area contributed by atoms with Crippen LogP contribution < -0.4 is 15.5 Å². The van der Waals surface area contributed by atoms with Crippen LogP contribution in [0.15, 0.2) is 48.5 Å². The summed E-state index contributed by atoms with van der Waals surface area (Å²) in [5.41, 5.74) is 1.81. The summed E-state index contributed by atoms with van der Waals surface area (Å²) in [4.78, 5) is 13.8. The Morgan fingerprint density at radius 3 is 2.43 bits per heavy atom. The van der Waals surface area contributed by atoms with E-state index in [0.717, 1.165) is 5.69 Å². The topological polar surface area (TPSA) is 64.6 Å². The minimum absolute atomic E-state index is 0.0808. The second-order valence-corrected chi connectivity index (χ2v) is 5.31. The van der Waals surface area contributed by atoms with E-state index < -0.39 is 18.0 Å². The molecule has 122 valence electrons. The molecule has 0 aliphatic carbocycles. The number of anilines is 2. The van der Waals surface area contributed by atoms with E-state index in [1.807, 2.05) is 31.1 Å². The molecule has 0 aromatic heterocycles. The zero-order valence-electron chi connectivity index (χ0n) is 13.1. The molecule has 5 nitrogen and oxygen atoms in total. The third-order valence-corrected chi connectivity index (χ3v) is 3.36. The molecule has 0 aliphatic heterocycles. The van der Waals surface area contributed by atoms with Crippen molar-refractivity contribution in [2.24, 2.45) is 0 Å². The first-order valence-corrected chi connectivity index (χ1v) is 7.22. The van der Waals surface area contributed by atoms with E-state index in [-0.39, 0.29) is 12.1 Å². The van der Waals surface area contributed by atoms with Crippen molar-refractivity contribution in [3.05, 3.63) is 59.9 Å². The Labute approximate surface area is 134 Å². The molecule has 0 aliphatic rings. The first kappa shape index (κ1) is 16.8. The molecule has 2 rings (SSSR count). The predicted octanol–water partition coefficient (Wildman–Crippen LogP) is 2.75. The number of aliphatic hydroxyl groups excluding tert-OH is 1. The number of urea groups is 1. The molecule has 0 radical (unpaired) electrons. The third kappa shape index (κ3) is 4.69. The van der Waals surface area contributed by atoms with Gasteiger partial charge < -0.3 is 20.6 Å². The van der Waals surface area contributed by atoms with E-state index in [4.69, 9.17) is 0 Å². The highest BCUT2D eigenvalue weighted by Gasteiger charge is 2.13. The van der Waals surface area contributed by atoms with Crippen LogP contribution in [0.5, 0.6) is 0 Å². The van der Waals surface area contributed by atoms with Gasteiger partial charge in [0.25, 0.3) is 0 Å². The molecule has 2 aromatic rings. The first-order chi connectivity index (χ1) is 11.0. The average Bonchev–Trinajstić information content (AvgIpc) is 2.53. The van der Waals surface area contributed by atoms with Crippen LogP contribution >= 0.6 is 0 Å². The highest BCUT2D eigenvalue weighted by Crippen LogP contribution is 2.17. The quantitative estimate of drug-likeness (QED) is 0.794. The van der Waals surface area contributed by atoms with Crippen LogP contribution in [0.3, 0.4) is 0 Å². The van der Waals surface area contributed by atoms with Crippen LogP contribution in [0.25, 0.3) is 0 Å². The molecule has 0 heterocycles. The minimum Gasteiger partial charge on any atom is -0.386 e. The van der Waals surface area contributed by atoms with E-state index in [9.17, 15) is 14.3 Å². The van der Waals surface area contributed by atoms with Crippen molar-refractivity contribution in [1.29, 1.82) is 0 Å². The molecule has 1 atom stereocenters. The summed E-state index contributed by atoms with van der Waals surface area (Å²) in [6.45, 7) is -0.0808. The Hall–Kier alpha value is -2.60. The van der Waals surface area contributed by atoms with Gasteiger partial charge in [0.1, 0.15) is 5.82 Å². The summed E-state index contributed by atoms with van der Waals surface area (Å²) in [5, 5.41) is 15.1. The van der Waals surface area contributed by atoms with E-state index in [0.29, 0.717) is 5.69 Å². The van der Waals surface area contributed by atoms with E-state index in [1.54, 1.807) is 24.3 Å². The van der Waals surface area contributed by atoms with Crippen molar-refractivity contribution in [1.82, 2.24) is 5.32 Å². The molecule has 0 saturated carbocycles. The van der Waals surface area contributed by atoms with Gasteiger partial charge in [-0.15, -0.1) is 0 Å². The fourth-order valence-electron chi connectivity index (χ4n) is 2.06. The molecule has 3 N–H and O–H groups in total. The van der Waals surface area contributed by atoms with Gasteiger partial charge in [-0.25, -0.2) is 9.18 Å². The van der Waals surface area contributed by atoms with E-state index in [1.165, 1.54) is 12.1 Å². The number of nitrogens with zero attached hydrogens (tertiary/aromatic N) is 1. The summed E-state index contributed by atoms with van der Waals surface area (Å²) >= 11 is 0. The minimum atomic E-state index is -1.10. The Morgan fingerprint density at radius 2 is 1.83 bits per heavy atom. The number of halogens is 1. The van der Waals surface area contributed by atoms with Crippen LogP contribution in [0, 0.1) is 5.82 Å². The number of nitrogens with one attached hydrogen (secondary N) is 2. The van der Waals surface area contributed by atoms with Gasteiger partial charge in [-0.1, -0.05) is 18.2 Å². The zero-order chi connectivity index (χ0) is 16.8. The fourth-order valence-corrected chi connectivity index (χ4v) is 2.06. The highest BCUT2D eigenvalue weighted by atomic mass is 19.1. The Bertz CT molecular complexity index is 659. The molecule has 0 bridgehead atoms. The van der Waals surface area contributed by atoms with E-state index >= 15 is 0 Å². The first-order valence-electron chi connectivity index (χ1n) is 7.22. The van der Waals surface area contributed by atoms with Gasteiger partial charge in [0.15, 0.2) is 0 Å². The van der Waals surface area contributed by atoms with Gasteiger partial charge >= 0.3 is 6.03 Å². The van der Waals surface area contributed by atoms with Gasteiger partial charge in [0, 0.05) is 37.6 Å². The van der Waals surface area contributed by atoms with Crippen LogP contribution in [-0.4, -0.2) is 31.8 Å². The number of carbonyl (C=O) groups excluding carboxylic acids is 1. The van der Waals surface area contributed by atoms with Crippen molar-refractivity contribution < 1.29 is 14.3 Å². The summed E-state index contributed by atoms with van der Waals surface area (Å²) in [6.07, 6.45) is -1.10. The number of benzene rings is 2. The fraction of sp³-hybridized carbons (Fsp3) is 0.235. The molecular formula is C17H20FN3O2.